The topological polar surface area (TPSA) is 94.2 Å². The number of hydrogen-bond acceptors (Lipinski definition) is 8. The monoisotopic (exact) mass is 404 g/mol. The first-order valence-electron chi connectivity index (χ1n) is 8.96. The van der Waals surface area contributed by atoms with Crippen LogP contribution >= 0.6 is 11.6 Å². The molecule has 10 nitrogen and oxygen atoms in total. The van der Waals surface area contributed by atoms with Gasteiger partial charge in [-0.1, -0.05) is 11.6 Å². The van der Waals surface area contributed by atoms with Gasteiger partial charge in [-0.25, -0.2) is 19.6 Å². The molecule has 0 saturated carbocycles. The van der Waals surface area contributed by atoms with Crippen molar-refractivity contribution in [2.75, 3.05) is 49.7 Å². The fraction of sp³-hybridized carbons (Fsp3) is 0.471. The number of nitrogens with zero attached hydrogens (tertiary/aromatic N) is 8. The molecule has 0 bridgehead atoms. The van der Waals surface area contributed by atoms with E-state index < -0.39 is 0 Å². The highest BCUT2D eigenvalue weighted by atomic mass is 35.5. The number of imidazole rings is 1. The second-order valence-electron chi connectivity index (χ2n) is 6.55. The largest absolute Gasteiger partial charge is 0.383 e. The van der Waals surface area contributed by atoms with Crippen LogP contribution < -0.4 is 15.4 Å². The number of anilines is 2. The van der Waals surface area contributed by atoms with Gasteiger partial charge >= 0.3 is 0 Å². The normalized spacial score (nSPS) is 14.8. The second kappa shape index (κ2) is 7.72. The lowest BCUT2D eigenvalue weighted by Crippen LogP contribution is -2.47. The minimum Gasteiger partial charge on any atom is -0.383 e. The predicted octanol–water partition coefficient (Wildman–Crippen LogP) is 0.546. The number of hydrogen-bond donors (Lipinski definition) is 0. The van der Waals surface area contributed by atoms with Crippen LogP contribution in [0.5, 0.6) is 0 Å². The molecule has 0 radical (unpaired) electrons. The molecule has 4 rings (SSSR count). The first kappa shape index (κ1) is 18.6. The highest BCUT2D eigenvalue weighted by molar-refractivity contribution is 6.33. The molecule has 148 valence electrons. The summed E-state index contributed by atoms with van der Waals surface area (Å²) in [7, 11) is 3.26. The van der Waals surface area contributed by atoms with Gasteiger partial charge in [0.25, 0.3) is 5.56 Å². The Morgan fingerprint density at radius 3 is 2.64 bits per heavy atom. The molecule has 1 fully saturated rings. The van der Waals surface area contributed by atoms with E-state index in [4.69, 9.17) is 16.3 Å². The summed E-state index contributed by atoms with van der Waals surface area (Å²) < 4.78 is 8.34. The Morgan fingerprint density at radius 1 is 1.14 bits per heavy atom. The van der Waals surface area contributed by atoms with Crippen molar-refractivity contribution in [1.82, 2.24) is 29.3 Å². The van der Waals surface area contributed by atoms with Gasteiger partial charge in [0.1, 0.15) is 11.3 Å². The zero-order chi connectivity index (χ0) is 19.7. The minimum atomic E-state index is -0.291. The summed E-state index contributed by atoms with van der Waals surface area (Å²) in [5.41, 5.74) is 1.95. The van der Waals surface area contributed by atoms with Crippen molar-refractivity contribution < 1.29 is 4.74 Å². The van der Waals surface area contributed by atoms with Crippen LogP contribution in [-0.2, 0) is 18.3 Å². The van der Waals surface area contributed by atoms with Crippen molar-refractivity contribution in [2.24, 2.45) is 7.05 Å². The highest BCUT2D eigenvalue weighted by Crippen LogP contribution is 2.26. The Balaban J connectivity index is 1.54. The molecule has 3 aromatic rings. The van der Waals surface area contributed by atoms with Crippen molar-refractivity contribution in [1.29, 1.82) is 0 Å². The lowest BCUT2D eigenvalue weighted by molar-refractivity contribution is 0.188. The Kier molecular flexibility index (Phi) is 5.14. The van der Waals surface area contributed by atoms with Crippen molar-refractivity contribution in [3.05, 3.63) is 34.2 Å². The molecule has 4 heterocycles. The summed E-state index contributed by atoms with van der Waals surface area (Å²) in [6, 6.07) is 0. The maximum atomic E-state index is 12.0. The summed E-state index contributed by atoms with van der Waals surface area (Å²) >= 11 is 6.24. The van der Waals surface area contributed by atoms with Crippen LogP contribution in [0, 0.1) is 0 Å². The van der Waals surface area contributed by atoms with Crippen molar-refractivity contribution in [2.45, 2.75) is 6.54 Å². The summed E-state index contributed by atoms with van der Waals surface area (Å²) in [5.74, 6) is 0.814. The fourth-order valence-electron chi connectivity index (χ4n) is 3.33. The van der Waals surface area contributed by atoms with Gasteiger partial charge in [0.15, 0.2) is 17.0 Å². The fourth-order valence-corrected chi connectivity index (χ4v) is 3.63. The number of piperazine rings is 1. The van der Waals surface area contributed by atoms with Crippen LogP contribution in [-0.4, -0.2) is 69.2 Å². The summed E-state index contributed by atoms with van der Waals surface area (Å²) in [4.78, 5) is 29.6. The zero-order valence-electron chi connectivity index (χ0n) is 15.7. The molecule has 0 N–H and O–H groups in total. The maximum Gasteiger partial charge on any atom is 0.287 e. The van der Waals surface area contributed by atoms with Crippen molar-refractivity contribution in [3.63, 3.8) is 0 Å². The Morgan fingerprint density at radius 2 is 1.89 bits per heavy atom. The molecule has 0 spiro atoms. The van der Waals surface area contributed by atoms with E-state index in [0.29, 0.717) is 31.9 Å². The smallest absolute Gasteiger partial charge is 0.287 e. The van der Waals surface area contributed by atoms with Gasteiger partial charge in [-0.05, 0) is 0 Å². The molecule has 11 heteroatoms. The summed E-state index contributed by atoms with van der Waals surface area (Å²) in [6.45, 7) is 4.13. The third-order valence-corrected chi connectivity index (χ3v) is 5.25. The summed E-state index contributed by atoms with van der Waals surface area (Å²) in [5, 5.41) is 4.28. The maximum absolute atomic E-state index is 12.0. The SMILES string of the molecule is COCCn1cnc2c(N3CCN(c4cnn(C)c(=O)c4Cl)CC3)ncnc21. The molecule has 1 saturated heterocycles. The van der Waals surface area contributed by atoms with Gasteiger partial charge in [0.2, 0.25) is 0 Å². The van der Waals surface area contributed by atoms with E-state index in [-0.39, 0.29) is 10.6 Å². The minimum absolute atomic E-state index is 0.201. The van der Waals surface area contributed by atoms with Crippen molar-refractivity contribution in [3.8, 4) is 0 Å². The molecular weight excluding hydrogens is 384 g/mol. The third-order valence-electron chi connectivity index (χ3n) is 4.90. The Hall–Kier alpha value is -2.72. The molecule has 0 amide bonds. The number of rotatable bonds is 5. The zero-order valence-corrected chi connectivity index (χ0v) is 16.5. The molecule has 28 heavy (non-hydrogen) atoms. The van der Waals surface area contributed by atoms with Crippen LogP contribution in [0.4, 0.5) is 11.5 Å². The predicted molar refractivity (Wildman–Crippen MR) is 106 cm³/mol. The quantitative estimate of drug-likeness (QED) is 0.608. The second-order valence-corrected chi connectivity index (χ2v) is 6.92. The van der Waals surface area contributed by atoms with E-state index in [1.807, 2.05) is 4.57 Å². The molecule has 3 aromatic heterocycles. The van der Waals surface area contributed by atoms with E-state index in [0.717, 1.165) is 30.1 Å². The molecular formula is C17H21ClN8O2. The van der Waals surface area contributed by atoms with Crippen LogP contribution in [0.25, 0.3) is 11.2 Å². The molecule has 1 aliphatic rings. The van der Waals surface area contributed by atoms with E-state index in [2.05, 4.69) is 29.9 Å². The van der Waals surface area contributed by atoms with Gasteiger partial charge in [0, 0.05) is 46.9 Å². The van der Waals surface area contributed by atoms with Gasteiger partial charge in [-0.3, -0.25) is 4.79 Å². The summed E-state index contributed by atoms with van der Waals surface area (Å²) in [6.07, 6.45) is 4.97. The Labute approximate surface area is 166 Å². The van der Waals surface area contributed by atoms with Gasteiger partial charge in [-0.2, -0.15) is 5.10 Å². The molecule has 0 unspecified atom stereocenters. The van der Waals surface area contributed by atoms with E-state index >= 15 is 0 Å². The van der Waals surface area contributed by atoms with E-state index in [1.54, 1.807) is 33.0 Å². The lowest BCUT2D eigenvalue weighted by Gasteiger charge is -2.36. The average molecular weight is 405 g/mol. The van der Waals surface area contributed by atoms with Gasteiger partial charge in [-0.15, -0.1) is 0 Å². The molecule has 1 aliphatic heterocycles. The van der Waals surface area contributed by atoms with E-state index in [9.17, 15) is 4.79 Å². The third kappa shape index (κ3) is 3.29. The molecule has 0 aromatic carbocycles. The van der Waals surface area contributed by atoms with Gasteiger partial charge in [0.05, 0.1) is 24.8 Å². The van der Waals surface area contributed by atoms with Crippen LogP contribution in [0.1, 0.15) is 0 Å². The number of aromatic nitrogens is 6. The number of methoxy groups -OCH3 is 1. The number of halogens is 1. The standard InChI is InChI=1S/C17H21ClN8O2/c1-23-17(27)13(18)12(9-22-23)24-3-5-25(6-4-24)15-14-16(20-10-19-15)26(11-21-14)7-8-28-2/h9-11H,3-8H2,1-2H3. The highest BCUT2D eigenvalue weighted by Gasteiger charge is 2.24. The first-order valence-corrected chi connectivity index (χ1v) is 9.34. The average Bonchev–Trinajstić information content (AvgIpc) is 3.14. The van der Waals surface area contributed by atoms with Crippen molar-refractivity contribution >= 4 is 34.3 Å². The Bertz CT molecular complexity index is 1040. The molecule has 0 aliphatic carbocycles. The van der Waals surface area contributed by atoms with Crippen LogP contribution in [0.2, 0.25) is 5.02 Å². The van der Waals surface area contributed by atoms with Crippen LogP contribution in [0.3, 0.4) is 0 Å². The number of ether oxygens (including phenoxy) is 1. The van der Waals surface area contributed by atoms with Gasteiger partial charge < -0.3 is 19.1 Å². The lowest BCUT2D eigenvalue weighted by atomic mass is 10.2. The first-order chi connectivity index (χ1) is 13.6. The molecule has 0 atom stereocenters. The van der Waals surface area contributed by atoms with Crippen LogP contribution in [0.15, 0.2) is 23.6 Å². The van der Waals surface area contributed by atoms with E-state index in [1.165, 1.54) is 4.68 Å². The number of fused-ring (bicyclic) bond motifs is 1. The number of aryl methyl sites for hydroxylation is 1.